The third-order valence-corrected chi connectivity index (χ3v) is 3.69. The van der Waals surface area contributed by atoms with Gasteiger partial charge >= 0.3 is 5.97 Å². The van der Waals surface area contributed by atoms with Gasteiger partial charge in [0.05, 0.1) is 6.42 Å². The summed E-state index contributed by atoms with van der Waals surface area (Å²) in [5.41, 5.74) is 8.25. The van der Waals surface area contributed by atoms with Crippen LogP contribution in [-0.2, 0) is 16.1 Å². The molecule has 0 aliphatic rings. The van der Waals surface area contributed by atoms with E-state index in [4.69, 9.17) is 22.1 Å². The van der Waals surface area contributed by atoms with Crippen LogP contribution in [0.25, 0.3) is 0 Å². The molecule has 1 unspecified atom stereocenters. The monoisotopic (exact) mass is 303 g/mol. The summed E-state index contributed by atoms with van der Waals surface area (Å²) in [5.74, 6) is -0.149. The maximum absolute atomic E-state index is 11.9. The summed E-state index contributed by atoms with van der Waals surface area (Å²) in [6, 6.07) is 14.9. The topological polar surface area (TPSA) is 52.3 Å². The average molecular weight is 304 g/mol. The van der Waals surface area contributed by atoms with E-state index in [1.165, 1.54) is 0 Å². The van der Waals surface area contributed by atoms with Gasteiger partial charge in [-0.1, -0.05) is 48.9 Å². The van der Waals surface area contributed by atoms with Crippen LogP contribution in [0, 0.1) is 0 Å². The number of esters is 1. The van der Waals surface area contributed by atoms with Gasteiger partial charge in [-0.15, -0.1) is 0 Å². The van der Waals surface area contributed by atoms with Gasteiger partial charge in [0.2, 0.25) is 0 Å². The Morgan fingerprint density at radius 2 is 1.86 bits per heavy atom. The lowest BCUT2D eigenvalue weighted by molar-refractivity contribution is -0.145. The third kappa shape index (κ3) is 4.50. The van der Waals surface area contributed by atoms with Crippen LogP contribution in [0.15, 0.2) is 48.5 Å². The van der Waals surface area contributed by atoms with Gasteiger partial charge in [0.1, 0.15) is 6.61 Å². The molecular weight excluding hydrogens is 286 g/mol. The second-order valence-corrected chi connectivity index (χ2v) is 5.43. The number of carbonyl (C=O) groups excluding carboxylic acids is 1. The second kappa shape index (κ2) is 7.14. The van der Waals surface area contributed by atoms with Crippen molar-refractivity contribution in [2.24, 2.45) is 0 Å². The predicted molar refractivity (Wildman–Crippen MR) is 85.1 cm³/mol. The zero-order chi connectivity index (χ0) is 15.2. The molecule has 3 nitrogen and oxygen atoms in total. The lowest BCUT2D eigenvalue weighted by Gasteiger charge is -2.12. The highest BCUT2D eigenvalue weighted by Crippen LogP contribution is 2.21. The van der Waals surface area contributed by atoms with Crippen molar-refractivity contribution in [2.45, 2.75) is 25.9 Å². The number of halogens is 1. The van der Waals surface area contributed by atoms with E-state index >= 15 is 0 Å². The highest BCUT2D eigenvalue weighted by molar-refractivity contribution is 6.31. The summed E-state index contributed by atoms with van der Waals surface area (Å²) < 4.78 is 5.28. The Morgan fingerprint density at radius 1 is 1.19 bits per heavy atom. The highest BCUT2D eigenvalue weighted by atomic mass is 35.5. The normalized spacial score (nSPS) is 11.9. The number of rotatable bonds is 5. The van der Waals surface area contributed by atoms with E-state index in [1.54, 1.807) is 6.07 Å². The number of ether oxygens (including phenoxy) is 1. The molecule has 0 aliphatic carbocycles. The first-order valence-corrected chi connectivity index (χ1v) is 7.18. The fraction of sp³-hybridized carbons (Fsp3) is 0.235. The fourth-order valence-corrected chi connectivity index (χ4v) is 2.22. The van der Waals surface area contributed by atoms with Crippen LogP contribution in [0.2, 0.25) is 5.02 Å². The van der Waals surface area contributed by atoms with E-state index in [0.717, 1.165) is 11.1 Å². The molecule has 1 atom stereocenters. The zero-order valence-corrected chi connectivity index (χ0v) is 12.6. The Balaban J connectivity index is 1.87. The van der Waals surface area contributed by atoms with Crippen LogP contribution in [-0.4, -0.2) is 5.97 Å². The lowest BCUT2D eigenvalue weighted by Crippen LogP contribution is -2.09. The molecule has 0 heterocycles. The minimum Gasteiger partial charge on any atom is -0.461 e. The Labute approximate surface area is 129 Å². The molecule has 0 fully saturated rings. The van der Waals surface area contributed by atoms with Gasteiger partial charge in [0, 0.05) is 16.3 Å². The number of nitrogen functional groups attached to an aromatic ring is 1. The minimum atomic E-state index is -0.237. The third-order valence-electron chi connectivity index (χ3n) is 3.32. The summed E-state index contributed by atoms with van der Waals surface area (Å²) in [7, 11) is 0. The molecule has 0 spiro atoms. The summed E-state index contributed by atoms with van der Waals surface area (Å²) in [5, 5.41) is 0.608. The summed E-state index contributed by atoms with van der Waals surface area (Å²) >= 11 is 6.02. The van der Waals surface area contributed by atoms with E-state index in [-0.39, 0.29) is 18.5 Å². The number of anilines is 1. The molecule has 0 aromatic heterocycles. The lowest BCUT2D eigenvalue weighted by atomic mass is 9.98. The minimum absolute atomic E-state index is 0.0874. The Bertz CT molecular complexity index is 610. The van der Waals surface area contributed by atoms with Gasteiger partial charge in [0.25, 0.3) is 0 Å². The van der Waals surface area contributed by atoms with E-state index in [0.29, 0.717) is 17.1 Å². The molecule has 0 amide bonds. The van der Waals surface area contributed by atoms with Crippen LogP contribution in [0.4, 0.5) is 5.69 Å². The first kappa shape index (κ1) is 15.4. The molecule has 4 heteroatoms. The van der Waals surface area contributed by atoms with Crippen LogP contribution in [0.5, 0.6) is 0 Å². The Kier molecular flexibility index (Phi) is 5.23. The van der Waals surface area contributed by atoms with Gasteiger partial charge in [-0.3, -0.25) is 4.79 Å². The van der Waals surface area contributed by atoms with Gasteiger partial charge in [-0.25, -0.2) is 0 Å². The Morgan fingerprint density at radius 3 is 2.52 bits per heavy atom. The van der Waals surface area contributed by atoms with Crippen molar-refractivity contribution in [1.29, 1.82) is 0 Å². The molecule has 110 valence electrons. The SMILES string of the molecule is CC(CC(=O)OCc1ccccc1Cl)c1ccc(N)cc1. The number of hydrogen-bond donors (Lipinski definition) is 1. The summed E-state index contributed by atoms with van der Waals surface area (Å²) in [4.78, 5) is 11.9. The Hall–Kier alpha value is -2.00. The predicted octanol–water partition coefficient (Wildman–Crippen LogP) is 4.16. The number of hydrogen-bond acceptors (Lipinski definition) is 3. The van der Waals surface area contributed by atoms with Crippen molar-refractivity contribution < 1.29 is 9.53 Å². The number of carbonyl (C=O) groups is 1. The van der Waals surface area contributed by atoms with Crippen molar-refractivity contribution in [3.8, 4) is 0 Å². The molecule has 2 rings (SSSR count). The van der Waals surface area contributed by atoms with Crippen LogP contribution in [0.1, 0.15) is 30.4 Å². The van der Waals surface area contributed by atoms with Gasteiger partial charge in [-0.2, -0.15) is 0 Å². The molecule has 0 bridgehead atoms. The van der Waals surface area contributed by atoms with Gasteiger partial charge in [-0.05, 0) is 29.7 Å². The summed E-state index contributed by atoms with van der Waals surface area (Å²) in [6.07, 6.45) is 0.328. The van der Waals surface area contributed by atoms with E-state index < -0.39 is 0 Å². The van der Waals surface area contributed by atoms with Gasteiger partial charge < -0.3 is 10.5 Å². The standard InChI is InChI=1S/C17H18ClNO2/c1-12(13-6-8-15(19)9-7-13)10-17(20)21-11-14-4-2-3-5-16(14)18/h2-9,12H,10-11,19H2,1H3. The largest absolute Gasteiger partial charge is 0.461 e. The number of benzene rings is 2. The quantitative estimate of drug-likeness (QED) is 0.666. The molecule has 2 aromatic carbocycles. The van der Waals surface area contributed by atoms with Crippen molar-refractivity contribution >= 4 is 23.3 Å². The maximum Gasteiger partial charge on any atom is 0.306 e. The van der Waals surface area contributed by atoms with Crippen LogP contribution >= 0.6 is 11.6 Å². The number of nitrogens with two attached hydrogens (primary N) is 1. The van der Waals surface area contributed by atoms with Crippen molar-refractivity contribution in [3.63, 3.8) is 0 Å². The molecule has 0 radical (unpaired) electrons. The molecule has 21 heavy (non-hydrogen) atoms. The first-order valence-electron chi connectivity index (χ1n) is 6.80. The van der Waals surface area contributed by atoms with E-state index in [1.807, 2.05) is 49.4 Å². The smallest absolute Gasteiger partial charge is 0.306 e. The zero-order valence-electron chi connectivity index (χ0n) is 11.9. The molecule has 0 aliphatic heterocycles. The average Bonchev–Trinajstić information content (AvgIpc) is 2.47. The first-order chi connectivity index (χ1) is 10.1. The molecule has 2 N–H and O–H groups in total. The molecule has 0 saturated heterocycles. The molecule has 2 aromatic rings. The molecular formula is C17H18ClNO2. The van der Waals surface area contributed by atoms with Crippen molar-refractivity contribution in [2.75, 3.05) is 5.73 Å². The van der Waals surface area contributed by atoms with Crippen LogP contribution < -0.4 is 5.73 Å². The van der Waals surface area contributed by atoms with E-state index in [9.17, 15) is 4.79 Å². The van der Waals surface area contributed by atoms with E-state index in [2.05, 4.69) is 0 Å². The fourth-order valence-electron chi connectivity index (χ4n) is 2.03. The summed E-state index contributed by atoms with van der Waals surface area (Å²) in [6.45, 7) is 2.19. The van der Waals surface area contributed by atoms with Gasteiger partial charge in [0.15, 0.2) is 0 Å². The van der Waals surface area contributed by atoms with Crippen LogP contribution in [0.3, 0.4) is 0 Å². The highest BCUT2D eigenvalue weighted by Gasteiger charge is 2.13. The second-order valence-electron chi connectivity index (χ2n) is 5.02. The van der Waals surface area contributed by atoms with Crippen molar-refractivity contribution in [3.05, 3.63) is 64.7 Å². The molecule has 0 saturated carbocycles. The maximum atomic E-state index is 11.9. The van der Waals surface area contributed by atoms with Crippen molar-refractivity contribution in [1.82, 2.24) is 0 Å².